The summed E-state index contributed by atoms with van der Waals surface area (Å²) in [5, 5.41) is 9.22. The number of nitrogens with zero attached hydrogens (tertiary/aromatic N) is 2. The first-order valence-electron chi connectivity index (χ1n) is 9.55. The summed E-state index contributed by atoms with van der Waals surface area (Å²) in [5.74, 6) is 0.185. The van der Waals surface area contributed by atoms with Crippen molar-refractivity contribution < 1.29 is 18.1 Å². The third-order valence-corrected chi connectivity index (χ3v) is 5.28. The summed E-state index contributed by atoms with van der Waals surface area (Å²) in [7, 11) is 0. The van der Waals surface area contributed by atoms with E-state index in [4.69, 9.17) is 4.52 Å². The molecule has 1 fully saturated rings. The van der Waals surface area contributed by atoms with Crippen molar-refractivity contribution in [2.45, 2.75) is 31.7 Å². The molecule has 1 atom stereocenters. The number of benzene rings is 2. The van der Waals surface area contributed by atoms with E-state index < -0.39 is 6.03 Å². The Kier molecular flexibility index (Phi) is 6.08. The topological polar surface area (TPSA) is 80.1 Å². The van der Waals surface area contributed by atoms with E-state index in [0.29, 0.717) is 28.2 Å². The highest BCUT2D eigenvalue weighted by atomic mass is 79.9. The van der Waals surface area contributed by atoms with Crippen LogP contribution in [-0.4, -0.2) is 16.2 Å². The van der Waals surface area contributed by atoms with Crippen LogP contribution in [0.3, 0.4) is 0 Å². The van der Waals surface area contributed by atoms with E-state index in [1.54, 1.807) is 18.2 Å². The monoisotopic (exact) mass is 476 g/mol. The fraction of sp³-hybridized carbons (Fsp3) is 0.286. The summed E-state index contributed by atoms with van der Waals surface area (Å²) in [6.07, 6.45) is 3.27. The third kappa shape index (κ3) is 5.63. The predicted molar refractivity (Wildman–Crippen MR) is 110 cm³/mol. The quantitative estimate of drug-likeness (QED) is 0.480. The summed E-state index contributed by atoms with van der Waals surface area (Å²) in [5.41, 5.74) is 1.50. The van der Waals surface area contributed by atoms with Crippen LogP contribution in [0.15, 0.2) is 51.5 Å². The van der Waals surface area contributed by atoms with Crippen molar-refractivity contribution in [1.82, 2.24) is 15.5 Å². The zero-order chi connectivity index (χ0) is 21.1. The number of carbonyl (C=O) groups excluding carboxylic acids is 1. The molecular formula is C21H19BrF2N4O2. The molecule has 2 aromatic carbocycles. The van der Waals surface area contributed by atoms with E-state index in [1.807, 2.05) is 0 Å². The van der Waals surface area contributed by atoms with Gasteiger partial charge in [0.05, 0.1) is 6.04 Å². The van der Waals surface area contributed by atoms with Gasteiger partial charge in [0.2, 0.25) is 0 Å². The van der Waals surface area contributed by atoms with Gasteiger partial charge in [-0.25, -0.2) is 13.6 Å². The number of aromatic nitrogens is 2. The van der Waals surface area contributed by atoms with Crippen molar-refractivity contribution in [2.75, 3.05) is 5.32 Å². The predicted octanol–water partition coefficient (Wildman–Crippen LogP) is 5.36. The molecular weight excluding hydrogens is 458 g/mol. The molecule has 30 heavy (non-hydrogen) atoms. The zero-order valence-corrected chi connectivity index (χ0v) is 17.5. The number of urea groups is 1. The molecule has 2 N–H and O–H groups in total. The molecule has 0 bridgehead atoms. The van der Waals surface area contributed by atoms with Gasteiger partial charge in [-0.05, 0) is 53.8 Å². The maximum atomic E-state index is 13.8. The number of hydrogen-bond donors (Lipinski definition) is 2. The number of amides is 2. The lowest BCUT2D eigenvalue weighted by atomic mass is 10.0. The molecule has 1 unspecified atom stereocenters. The first kappa shape index (κ1) is 20.5. The number of halogens is 3. The van der Waals surface area contributed by atoms with Gasteiger partial charge in [0.1, 0.15) is 11.6 Å². The van der Waals surface area contributed by atoms with Crippen molar-refractivity contribution in [3.05, 3.63) is 75.5 Å². The highest BCUT2D eigenvalue weighted by molar-refractivity contribution is 9.10. The third-order valence-electron chi connectivity index (χ3n) is 4.82. The molecule has 0 saturated heterocycles. The maximum Gasteiger partial charge on any atom is 0.329 e. The Labute approximate surface area is 180 Å². The summed E-state index contributed by atoms with van der Waals surface area (Å²) in [4.78, 5) is 16.6. The van der Waals surface area contributed by atoms with Crippen molar-refractivity contribution in [2.24, 2.45) is 5.92 Å². The minimum atomic E-state index is -0.516. The molecule has 1 aliphatic carbocycles. The lowest BCUT2D eigenvalue weighted by molar-refractivity contribution is 0.246. The molecule has 1 aromatic heterocycles. The van der Waals surface area contributed by atoms with Gasteiger partial charge in [-0.3, -0.25) is 5.32 Å². The molecule has 0 aliphatic heterocycles. The van der Waals surface area contributed by atoms with Gasteiger partial charge in [0, 0.05) is 10.9 Å². The molecule has 2 amide bonds. The van der Waals surface area contributed by atoms with Gasteiger partial charge in [-0.2, -0.15) is 4.98 Å². The van der Waals surface area contributed by atoms with E-state index in [-0.39, 0.29) is 23.7 Å². The second-order valence-electron chi connectivity index (χ2n) is 7.35. The number of carbonyl (C=O) groups is 1. The molecule has 1 heterocycles. The maximum absolute atomic E-state index is 13.8. The summed E-state index contributed by atoms with van der Waals surface area (Å²) in [6, 6.07) is 9.66. The van der Waals surface area contributed by atoms with Crippen LogP contribution in [0.1, 0.15) is 42.3 Å². The van der Waals surface area contributed by atoms with Crippen LogP contribution in [0.25, 0.3) is 0 Å². The molecule has 9 heteroatoms. The average molecular weight is 477 g/mol. The number of rotatable bonds is 7. The Balaban J connectivity index is 1.39. The fourth-order valence-electron chi connectivity index (χ4n) is 3.19. The fourth-order valence-corrected chi connectivity index (χ4v) is 3.68. The first-order chi connectivity index (χ1) is 14.4. The summed E-state index contributed by atoms with van der Waals surface area (Å²) >= 11 is 3.29. The standard InChI is InChI=1S/C21H19BrF2N4O2/c22-15-9-14(10-17(24)11-15)18(7-12-1-2-12)25-20(29)27-21-26-19(28-30-21)8-13-3-5-16(23)6-4-13/h3-6,9-12,18H,1-2,7-8H2,(H2,25,26,27,28,29). The van der Waals surface area contributed by atoms with E-state index in [2.05, 4.69) is 36.7 Å². The minimum absolute atomic E-state index is 0.0461. The molecule has 4 rings (SSSR count). The van der Waals surface area contributed by atoms with Gasteiger partial charge < -0.3 is 9.84 Å². The van der Waals surface area contributed by atoms with Crippen molar-refractivity contribution >= 4 is 28.0 Å². The Bertz CT molecular complexity index is 1020. The van der Waals surface area contributed by atoms with Crippen molar-refractivity contribution in [3.8, 4) is 0 Å². The molecule has 0 radical (unpaired) electrons. The zero-order valence-electron chi connectivity index (χ0n) is 15.9. The molecule has 6 nitrogen and oxygen atoms in total. The number of hydrogen-bond acceptors (Lipinski definition) is 4. The number of anilines is 1. The van der Waals surface area contributed by atoms with Crippen LogP contribution < -0.4 is 10.6 Å². The first-order valence-corrected chi connectivity index (χ1v) is 10.3. The van der Waals surface area contributed by atoms with Gasteiger partial charge in [0.25, 0.3) is 0 Å². The minimum Gasteiger partial charge on any atom is -0.331 e. The van der Waals surface area contributed by atoms with Crippen molar-refractivity contribution in [3.63, 3.8) is 0 Å². The molecule has 0 spiro atoms. The van der Waals surface area contributed by atoms with Gasteiger partial charge in [-0.15, -0.1) is 0 Å². The Morgan fingerprint density at radius 2 is 1.93 bits per heavy atom. The van der Waals surface area contributed by atoms with Gasteiger partial charge in [0.15, 0.2) is 5.82 Å². The summed E-state index contributed by atoms with van der Waals surface area (Å²) < 4.78 is 32.5. The number of nitrogens with one attached hydrogen (secondary N) is 2. The van der Waals surface area contributed by atoms with Crippen LogP contribution in [0, 0.1) is 17.6 Å². The smallest absolute Gasteiger partial charge is 0.329 e. The summed E-state index contributed by atoms with van der Waals surface area (Å²) in [6.45, 7) is 0. The SMILES string of the molecule is O=C(Nc1nc(Cc2ccc(F)cc2)no1)NC(CC1CC1)c1cc(F)cc(Br)c1. The highest BCUT2D eigenvalue weighted by Gasteiger charge is 2.28. The van der Waals surface area contributed by atoms with Crippen LogP contribution in [0.2, 0.25) is 0 Å². The Hall–Kier alpha value is -2.81. The van der Waals surface area contributed by atoms with Crippen LogP contribution in [0.5, 0.6) is 0 Å². The van der Waals surface area contributed by atoms with E-state index in [1.165, 1.54) is 24.3 Å². The average Bonchev–Trinajstić information content (AvgIpc) is 3.40. The Morgan fingerprint density at radius 1 is 1.17 bits per heavy atom. The Morgan fingerprint density at radius 3 is 2.63 bits per heavy atom. The second-order valence-corrected chi connectivity index (χ2v) is 8.27. The van der Waals surface area contributed by atoms with Crippen LogP contribution in [-0.2, 0) is 6.42 Å². The van der Waals surface area contributed by atoms with E-state index >= 15 is 0 Å². The lowest BCUT2D eigenvalue weighted by Gasteiger charge is -2.19. The van der Waals surface area contributed by atoms with Gasteiger partial charge in [-0.1, -0.05) is 46.1 Å². The molecule has 1 aliphatic rings. The van der Waals surface area contributed by atoms with Crippen LogP contribution >= 0.6 is 15.9 Å². The molecule has 156 valence electrons. The largest absolute Gasteiger partial charge is 0.331 e. The lowest BCUT2D eigenvalue weighted by Crippen LogP contribution is -2.33. The normalized spacial score (nSPS) is 14.4. The second kappa shape index (κ2) is 8.91. The highest BCUT2D eigenvalue weighted by Crippen LogP contribution is 2.38. The molecule has 1 saturated carbocycles. The van der Waals surface area contributed by atoms with E-state index in [9.17, 15) is 13.6 Å². The van der Waals surface area contributed by atoms with E-state index in [0.717, 1.165) is 24.8 Å². The van der Waals surface area contributed by atoms with Crippen molar-refractivity contribution in [1.29, 1.82) is 0 Å². The van der Waals surface area contributed by atoms with Crippen LogP contribution in [0.4, 0.5) is 19.6 Å². The molecule has 3 aromatic rings. The van der Waals surface area contributed by atoms with Gasteiger partial charge >= 0.3 is 12.0 Å².